The van der Waals surface area contributed by atoms with Crippen molar-refractivity contribution in [3.05, 3.63) is 10.3 Å². The Bertz CT molecular complexity index is 348. The molecule has 0 N–H and O–H groups in total. The average Bonchev–Trinajstić information content (AvgIpc) is 2.40. The molecule has 0 radical (unpaired) electrons. The van der Waals surface area contributed by atoms with E-state index in [0.29, 0.717) is 6.04 Å². The molecule has 15 heavy (non-hydrogen) atoms. The molecule has 2 rings (SSSR count). The minimum absolute atomic E-state index is 0.292. The van der Waals surface area contributed by atoms with Gasteiger partial charge in [-0.2, -0.15) is 0 Å². The predicted molar refractivity (Wildman–Crippen MR) is 79.3 cm³/mol. The van der Waals surface area contributed by atoms with Gasteiger partial charge in [-0.25, -0.2) is 0 Å². The zero-order valence-electron chi connectivity index (χ0n) is 7.82. The summed E-state index contributed by atoms with van der Waals surface area (Å²) in [5.74, 6) is 0. The van der Waals surface area contributed by atoms with Crippen LogP contribution in [0.3, 0.4) is 0 Å². The van der Waals surface area contributed by atoms with Crippen molar-refractivity contribution in [2.75, 3.05) is 0 Å². The van der Waals surface area contributed by atoms with E-state index in [1.54, 1.807) is 51.1 Å². The molecule has 0 aliphatic carbocycles. The van der Waals surface area contributed by atoms with Crippen molar-refractivity contribution in [1.29, 1.82) is 0 Å². The number of hydrogen-bond acceptors (Lipinski definition) is 5. The molecule has 2 heterocycles. The molecule has 0 aromatic carbocycles. The number of aromatic nitrogens is 1. The zero-order valence-corrected chi connectivity index (χ0v) is 13.4. The lowest BCUT2D eigenvalue weighted by Gasteiger charge is -2.10. The van der Waals surface area contributed by atoms with E-state index in [2.05, 4.69) is 13.8 Å². The van der Waals surface area contributed by atoms with Crippen LogP contribution in [0.4, 0.5) is 0 Å². The lowest BCUT2D eigenvalue weighted by Crippen LogP contribution is -2.00. The fourth-order valence-electron chi connectivity index (χ4n) is 1.20. The van der Waals surface area contributed by atoms with Gasteiger partial charge >= 0.3 is 0 Å². The van der Waals surface area contributed by atoms with Crippen LogP contribution in [0, 0.1) is 0 Å². The van der Waals surface area contributed by atoms with Gasteiger partial charge in [-0.3, -0.25) is 0 Å². The molecule has 0 atom stereocenters. The molecule has 0 amide bonds. The summed E-state index contributed by atoms with van der Waals surface area (Å²) < 4.78 is 1.98. The molecule has 1 aromatic rings. The topological polar surface area (TPSA) is 4.93 Å². The van der Waals surface area contributed by atoms with Gasteiger partial charge in [-0.15, -0.1) is 0 Å². The molecule has 0 bridgehead atoms. The Hall–Kier alpha value is 1.61. The summed E-state index contributed by atoms with van der Waals surface area (Å²) in [6.45, 7) is 4.17. The van der Waals surface area contributed by atoms with Gasteiger partial charge in [0.2, 0.25) is 0 Å². The maximum absolute atomic E-state index is 6.33. The van der Waals surface area contributed by atoms with Crippen LogP contribution in [0.2, 0.25) is 10.3 Å². The first kappa shape index (κ1) is 13.1. The van der Waals surface area contributed by atoms with E-state index in [0.717, 1.165) is 20.1 Å². The zero-order chi connectivity index (χ0) is 11.0. The normalized spacial score (nSPS) is 16.6. The first-order chi connectivity index (χ1) is 7.13. The predicted octanol–water partition coefficient (Wildman–Crippen LogP) is 6.43. The molecule has 1 aromatic heterocycles. The van der Waals surface area contributed by atoms with Crippen LogP contribution in [0.15, 0.2) is 9.79 Å². The van der Waals surface area contributed by atoms with Crippen molar-refractivity contribution in [1.82, 2.24) is 4.57 Å². The second-order valence-electron chi connectivity index (χ2n) is 3.07. The van der Waals surface area contributed by atoms with Crippen LogP contribution in [0.1, 0.15) is 19.9 Å². The van der Waals surface area contributed by atoms with E-state index in [4.69, 9.17) is 23.2 Å². The Labute approximate surface area is 118 Å². The summed E-state index contributed by atoms with van der Waals surface area (Å²) >= 11 is 12.7. The molecule has 1 nitrogen and oxygen atoms in total. The number of fused-ring (bicyclic) bond motifs is 1. The van der Waals surface area contributed by atoms with Crippen LogP contribution in [-0.4, -0.2) is 4.57 Å². The minimum Gasteiger partial charge on any atom is -0.318 e. The van der Waals surface area contributed by atoms with Crippen LogP contribution in [-0.2, 0) is 0 Å². The number of halogens is 2. The Kier molecular flexibility index (Phi) is 4.79. The summed E-state index contributed by atoms with van der Waals surface area (Å²) in [6, 6.07) is 0.292. The van der Waals surface area contributed by atoms with Gasteiger partial charge in [0.15, 0.2) is 0 Å². The van der Waals surface area contributed by atoms with Crippen molar-refractivity contribution in [2.24, 2.45) is 0 Å². The molecule has 0 saturated heterocycles. The number of nitrogens with zero attached hydrogens (tertiary/aromatic N) is 1. The van der Waals surface area contributed by atoms with Crippen LogP contribution >= 0.6 is 74.3 Å². The smallest absolute Gasteiger partial charge is 0.126 e. The monoisotopic (exact) mass is 335 g/mol. The molecule has 0 spiro atoms. The highest BCUT2D eigenvalue weighted by Crippen LogP contribution is 2.62. The maximum Gasteiger partial charge on any atom is 0.126 e. The third-order valence-corrected chi connectivity index (χ3v) is 11.2. The van der Waals surface area contributed by atoms with E-state index < -0.39 is 0 Å². The van der Waals surface area contributed by atoms with E-state index in [1.807, 2.05) is 4.57 Å². The van der Waals surface area contributed by atoms with Gasteiger partial charge in [0, 0.05) is 6.04 Å². The quantitative estimate of drug-likeness (QED) is 0.543. The Balaban J connectivity index is 2.53. The molecule has 1 aliphatic heterocycles. The third-order valence-electron chi connectivity index (χ3n) is 1.81. The van der Waals surface area contributed by atoms with Crippen molar-refractivity contribution in [2.45, 2.75) is 29.7 Å². The van der Waals surface area contributed by atoms with Crippen LogP contribution in [0.25, 0.3) is 0 Å². The Morgan fingerprint density at radius 3 is 1.80 bits per heavy atom. The SMILES string of the molecule is CC(C)n1c(Cl)c2c(c1Cl)SSSSS2. The van der Waals surface area contributed by atoms with Gasteiger partial charge < -0.3 is 4.57 Å². The first-order valence-electron chi connectivity index (χ1n) is 4.06. The van der Waals surface area contributed by atoms with Gasteiger partial charge in [0.1, 0.15) is 10.3 Å². The lowest BCUT2D eigenvalue weighted by molar-refractivity contribution is 0.602. The van der Waals surface area contributed by atoms with E-state index >= 15 is 0 Å². The van der Waals surface area contributed by atoms with Crippen molar-refractivity contribution in [3.8, 4) is 0 Å². The van der Waals surface area contributed by atoms with E-state index in [1.165, 1.54) is 0 Å². The lowest BCUT2D eigenvalue weighted by atomic mass is 10.4. The summed E-state index contributed by atoms with van der Waals surface area (Å²) in [5, 5.41) is 1.52. The molecular weight excluding hydrogens is 329 g/mol. The summed E-state index contributed by atoms with van der Waals surface area (Å²) in [7, 11) is 8.57. The highest BCUT2D eigenvalue weighted by molar-refractivity contribution is 9.36. The first-order valence-corrected chi connectivity index (χ1v) is 11.0. The molecule has 84 valence electrons. The highest BCUT2D eigenvalue weighted by Gasteiger charge is 2.25. The molecule has 0 fully saturated rings. The standard InChI is InChI=1S/C7H7Cl2NS5/c1-3(2)10-6(8)4-5(7(10)9)12-14-15-13-11-4/h3H,1-2H3. The van der Waals surface area contributed by atoms with Crippen molar-refractivity contribution >= 4 is 74.3 Å². The number of rotatable bonds is 1. The van der Waals surface area contributed by atoms with Gasteiger partial charge in [-0.05, 0) is 64.9 Å². The second kappa shape index (κ2) is 5.50. The van der Waals surface area contributed by atoms with Gasteiger partial charge in [0.05, 0.1) is 9.79 Å². The summed E-state index contributed by atoms with van der Waals surface area (Å²) in [5.41, 5.74) is 0. The van der Waals surface area contributed by atoms with Crippen LogP contribution in [0.5, 0.6) is 0 Å². The maximum atomic E-state index is 6.33. The van der Waals surface area contributed by atoms with Crippen molar-refractivity contribution in [3.63, 3.8) is 0 Å². The Morgan fingerprint density at radius 1 is 0.933 bits per heavy atom. The highest BCUT2D eigenvalue weighted by atomic mass is 35.5. The summed E-state index contributed by atoms with van der Waals surface area (Å²) in [6.07, 6.45) is 0. The van der Waals surface area contributed by atoms with Crippen LogP contribution < -0.4 is 0 Å². The van der Waals surface area contributed by atoms with Crippen molar-refractivity contribution < 1.29 is 0 Å². The molecule has 1 aliphatic rings. The average molecular weight is 336 g/mol. The summed E-state index contributed by atoms with van der Waals surface area (Å²) in [4.78, 5) is 2.20. The minimum atomic E-state index is 0.292. The third kappa shape index (κ3) is 2.56. The molecule has 0 unspecified atom stereocenters. The Morgan fingerprint density at radius 2 is 1.40 bits per heavy atom. The van der Waals surface area contributed by atoms with E-state index in [9.17, 15) is 0 Å². The molecular formula is C7H7Cl2NS5. The van der Waals surface area contributed by atoms with E-state index in [-0.39, 0.29) is 0 Å². The fraction of sp³-hybridized carbons (Fsp3) is 0.429. The molecule has 0 saturated carbocycles. The second-order valence-corrected chi connectivity index (χ2v) is 11.2. The fourth-order valence-corrected chi connectivity index (χ4v) is 11.6. The van der Waals surface area contributed by atoms with Gasteiger partial charge in [-0.1, -0.05) is 23.2 Å². The molecule has 8 heteroatoms. The van der Waals surface area contributed by atoms with Gasteiger partial charge in [0.25, 0.3) is 0 Å². The number of hydrogen-bond donors (Lipinski definition) is 0. The largest absolute Gasteiger partial charge is 0.318 e.